The number of allylic oxidation sites excluding steroid dienone is 1. The van der Waals surface area contributed by atoms with Gasteiger partial charge in [0.05, 0.1) is 6.10 Å². The Morgan fingerprint density at radius 1 is 0.944 bits per heavy atom. The highest BCUT2D eigenvalue weighted by Crippen LogP contribution is 2.23. The Kier molecular flexibility index (Phi) is 11.6. The number of aryl methyl sites for hydroxylation is 1. The van der Waals surface area contributed by atoms with Gasteiger partial charge in [-0.15, -0.1) is 4.36 Å². The molecule has 0 heterocycles. The number of carbonyl (C=O) groups is 1. The summed E-state index contributed by atoms with van der Waals surface area (Å²) in [6, 6.07) is 27.8. The van der Waals surface area contributed by atoms with E-state index in [2.05, 4.69) is 23.4 Å². The summed E-state index contributed by atoms with van der Waals surface area (Å²) in [5.74, 6) is 0.328. The topological polar surface area (TPSA) is 58.9 Å². The molecule has 36 heavy (non-hydrogen) atoms. The largest absolute Gasteiger partial charge is 0.443 e. The van der Waals surface area contributed by atoms with Crippen LogP contribution in [0, 0.1) is 6.92 Å². The van der Waals surface area contributed by atoms with E-state index < -0.39 is 22.9 Å². The number of nitrogens with zero attached hydrogens (tertiary/aromatic N) is 1. The third kappa shape index (κ3) is 9.56. The van der Waals surface area contributed by atoms with E-state index in [1.54, 1.807) is 0 Å². The fraction of sp³-hybridized carbons (Fsp3) is 0.323. The molecule has 0 saturated carbocycles. The van der Waals surface area contributed by atoms with E-state index in [4.69, 9.17) is 4.74 Å². The Bertz CT molecular complexity index is 1130. The first-order valence-electron chi connectivity index (χ1n) is 12.7. The van der Waals surface area contributed by atoms with Crippen LogP contribution in [0.2, 0.25) is 0 Å². The summed E-state index contributed by atoms with van der Waals surface area (Å²) in [4.78, 5) is 13.5. The van der Waals surface area contributed by atoms with Crippen LogP contribution in [0.5, 0.6) is 0 Å². The first-order valence-corrected chi connectivity index (χ1v) is 14.0. The highest BCUT2D eigenvalue weighted by atomic mass is 32.2. The maximum absolute atomic E-state index is 12.6. The average Bonchev–Trinajstić information content (AvgIpc) is 2.90. The lowest BCUT2D eigenvalue weighted by atomic mass is 9.98. The monoisotopic (exact) mass is 503 g/mol. The molecule has 0 aromatic heterocycles. The van der Waals surface area contributed by atoms with E-state index in [0.29, 0.717) is 5.75 Å². The van der Waals surface area contributed by atoms with Gasteiger partial charge in [0, 0.05) is 10.6 Å². The van der Waals surface area contributed by atoms with E-state index in [1.165, 1.54) is 19.3 Å². The number of unbranched alkanes of at least 4 members (excludes halogenated alkanes) is 3. The van der Waals surface area contributed by atoms with Crippen molar-refractivity contribution in [2.24, 2.45) is 4.36 Å². The molecule has 0 aliphatic carbocycles. The zero-order chi connectivity index (χ0) is 25.6. The summed E-state index contributed by atoms with van der Waals surface area (Å²) < 4.78 is 9.79. The lowest BCUT2D eigenvalue weighted by Crippen LogP contribution is -2.16. The highest BCUT2D eigenvalue weighted by Gasteiger charge is 2.13. The standard InChI is InChI=1S/C31H37NO3S/c1-3-4-5-10-17-28(27-15-11-7-12-16-27)22-29(33)24-36(30-20-18-25(2)19-21-30)32-31(34)35-23-26-13-8-6-9-14-26/h6-9,11-16,18-22,29,33H,3-5,10,17,23-24H2,1-2H3/b28-22-/t29-,36?/m0/s1. The lowest BCUT2D eigenvalue weighted by Gasteiger charge is -2.15. The summed E-state index contributed by atoms with van der Waals surface area (Å²) in [6.07, 6.45) is 6.17. The van der Waals surface area contributed by atoms with Gasteiger partial charge in [-0.3, -0.25) is 0 Å². The molecule has 3 aromatic rings. The smallest absolute Gasteiger partial charge is 0.440 e. The number of rotatable bonds is 12. The number of hydrogen-bond acceptors (Lipinski definition) is 3. The van der Waals surface area contributed by atoms with Gasteiger partial charge in [0.25, 0.3) is 0 Å². The molecule has 4 nitrogen and oxygen atoms in total. The number of aliphatic hydroxyl groups excluding tert-OH is 1. The van der Waals surface area contributed by atoms with E-state index in [-0.39, 0.29) is 6.61 Å². The molecule has 0 fully saturated rings. The van der Waals surface area contributed by atoms with Crippen LogP contribution in [-0.4, -0.2) is 23.1 Å². The summed E-state index contributed by atoms with van der Waals surface area (Å²) in [5, 5.41) is 11.1. The number of carbonyl (C=O) groups excluding carboxylic acids is 1. The Hall–Kier alpha value is -3.02. The van der Waals surface area contributed by atoms with Crippen molar-refractivity contribution >= 4 is 22.4 Å². The fourth-order valence-corrected chi connectivity index (χ4v) is 5.35. The van der Waals surface area contributed by atoms with Crippen molar-refractivity contribution in [1.82, 2.24) is 0 Å². The molecule has 0 saturated heterocycles. The van der Waals surface area contributed by atoms with E-state index in [1.807, 2.05) is 85.8 Å². The van der Waals surface area contributed by atoms with Gasteiger partial charge in [0.2, 0.25) is 0 Å². The van der Waals surface area contributed by atoms with E-state index in [9.17, 15) is 9.90 Å². The predicted molar refractivity (Wildman–Crippen MR) is 150 cm³/mol. The molecule has 190 valence electrons. The van der Waals surface area contributed by atoms with Crippen molar-refractivity contribution < 1.29 is 14.6 Å². The minimum atomic E-state index is -0.840. The second-order valence-electron chi connectivity index (χ2n) is 8.91. The third-order valence-corrected chi connectivity index (χ3v) is 7.69. The van der Waals surface area contributed by atoms with Crippen molar-refractivity contribution in [3.05, 3.63) is 108 Å². The average molecular weight is 504 g/mol. The normalized spacial score (nSPS) is 13.4. The molecule has 0 radical (unpaired) electrons. The van der Waals surface area contributed by atoms with Gasteiger partial charge in [-0.1, -0.05) is 121 Å². The minimum Gasteiger partial charge on any atom is -0.443 e. The Balaban J connectivity index is 1.79. The maximum Gasteiger partial charge on any atom is 0.440 e. The molecule has 0 bridgehead atoms. The Morgan fingerprint density at radius 3 is 2.28 bits per heavy atom. The number of ether oxygens (including phenoxy) is 1. The fourth-order valence-electron chi connectivity index (χ4n) is 3.88. The molecule has 3 rings (SSSR count). The summed E-state index contributed by atoms with van der Waals surface area (Å²) >= 11 is 0. The molecule has 0 spiro atoms. The van der Waals surface area contributed by atoms with Crippen molar-refractivity contribution in [2.75, 3.05) is 5.75 Å². The van der Waals surface area contributed by atoms with Gasteiger partial charge in [0.15, 0.2) is 0 Å². The van der Waals surface area contributed by atoms with Crippen LogP contribution >= 0.6 is 0 Å². The maximum atomic E-state index is 12.6. The Labute approximate surface area is 218 Å². The van der Waals surface area contributed by atoms with Gasteiger partial charge in [-0.25, -0.2) is 4.79 Å². The predicted octanol–water partition coefficient (Wildman–Crippen LogP) is 7.91. The third-order valence-electron chi connectivity index (χ3n) is 5.85. The van der Waals surface area contributed by atoms with Crippen LogP contribution < -0.4 is 0 Å². The number of aliphatic hydroxyl groups is 1. The van der Waals surface area contributed by atoms with Crippen LogP contribution in [0.15, 0.2) is 100 Å². The van der Waals surface area contributed by atoms with Crippen molar-refractivity contribution in [3.63, 3.8) is 0 Å². The molecule has 0 aliphatic heterocycles. The van der Waals surface area contributed by atoms with Crippen molar-refractivity contribution in [1.29, 1.82) is 0 Å². The van der Waals surface area contributed by atoms with Gasteiger partial charge >= 0.3 is 6.09 Å². The van der Waals surface area contributed by atoms with Gasteiger partial charge in [-0.05, 0) is 48.6 Å². The van der Waals surface area contributed by atoms with Gasteiger partial charge in [0.1, 0.15) is 6.61 Å². The van der Waals surface area contributed by atoms with Gasteiger partial charge < -0.3 is 9.84 Å². The second kappa shape index (κ2) is 15.2. The van der Waals surface area contributed by atoms with Crippen LogP contribution in [0.1, 0.15) is 55.7 Å². The van der Waals surface area contributed by atoms with Gasteiger partial charge in [-0.2, -0.15) is 0 Å². The minimum absolute atomic E-state index is 0.173. The summed E-state index contributed by atoms with van der Waals surface area (Å²) in [5.41, 5.74) is 4.31. The van der Waals surface area contributed by atoms with Crippen molar-refractivity contribution in [2.45, 2.75) is 63.6 Å². The molecule has 5 heteroatoms. The highest BCUT2D eigenvalue weighted by molar-refractivity contribution is 7.87. The quantitative estimate of drug-likeness (QED) is 0.256. The van der Waals surface area contributed by atoms with E-state index in [0.717, 1.165) is 40.0 Å². The molecule has 1 unspecified atom stereocenters. The molecule has 2 atom stereocenters. The molecule has 1 N–H and O–H groups in total. The zero-order valence-corrected chi connectivity index (χ0v) is 22.1. The zero-order valence-electron chi connectivity index (χ0n) is 21.3. The lowest BCUT2D eigenvalue weighted by molar-refractivity contribution is 0.151. The molecular weight excluding hydrogens is 466 g/mol. The summed E-state index contributed by atoms with van der Waals surface area (Å²) in [6.45, 7) is 4.40. The molecule has 3 aromatic carbocycles. The van der Waals surface area contributed by atoms with Crippen LogP contribution in [0.25, 0.3) is 5.57 Å². The SMILES string of the molecule is CCCCCC/C(=C/[C@H](O)C/S(=N/C(=O)OCc1ccccc1)c1ccc(C)cc1)c1ccccc1. The first kappa shape index (κ1) is 27.6. The Morgan fingerprint density at radius 2 is 1.61 bits per heavy atom. The van der Waals surface area contributed by atoms with Crippen molar-refractivity contribution in [3.8, 4) is 0 Å². The first-order chi connectivity index (χ1) is 17.5. The molecular formula is C31H37NO3S. The number of amides is 1. The van der Waals surface area contributed by atoms with Crippen LogP contribution in [0.3, 0.4) is 0 Å². The van der Waals surface area contributed by atoms with Crippen LogP contribution in [-0.2, 0) is 22.0 Å². The summed E-state index contributed by atoms with van der Waals surface area (Å²) in [7, 11) is -0.840. The second-order valence-corrected chi connectivity index (χ2v) is 10.6. The van der Waals surface area contributed by atoms with E-state index >= 15 is 0 Å². The van der Waals surface area contributed by atoms with Crippen LogP contribution in [0.4, 0.5) is 4.79 Å². The number of hydrogen-bond donors (Lipinski definition) is 1. The molecule has 0 aliphatic rings. The number of benzene rings is 3. The molecule has 1 amide bonds.